The number of esters is 1. The van der Waals surface area contributed by atoms with Gasteiger partial charge in [-0.2, -0.15) is 0 Å². The molecule has 0 aliphatic carbocycles. The van der Waals surface area contributed by atoms with Gasteiger partial charge in [0, 0.05) is 18.8 Å². The van der Waals surface area contributed by atoms with Crippen LogP contribution in [0.5, 0.6) is 5.75 Å². The topological polar surface area (TPSA) is 85.7 Å². The number of nitrogens with zero attached hydrogens (tertiary/aromatic N) is 1. The minimum Gasteiger partial charge on any atom is -0.491 e. The number of unbranched alkanes of at least 4 members (excludes halogenated alkanes) is 1. The number of hydrogen-bond donors (Lipinski definition) is 1. The number of ketones is 1. The summed E-state index contributed by atoms with van der Waals surface area (Å²) in [6, 6.07) is 10.4. The molecular weight excluding hydrogens is 382 g/mol. The smallest absolute Gasteiger partial charge is 0.340 e. The van der Waals surface area contributed by atoms with Gasteiger partial charge in [-0.05, 0) is 54.7 Å². The Morgan fingerprint density at radius 2 is 2.03 bits per heavy atom. The highest BCUT2D eigenvalue weighted by Gasteiger charge is 2.21. The maximum absolute atomic E-state index is 12.6. The lowest BCUT2D eigenvalue weighted by molar-refractivity contribution is -0.116. The summed E-state index contributed by atoms with van der Waals surface area (Å²) in [6.45, 7) is 6.02. The molecule has 1 aromatic heterocycles. The van der Waals surface area contributed by atoms with Crippen molar-refractivity contribution in [2.45, 2.75) is 45.1 Å². The van der Waals surface area contributed by atoms with E-state index in [9.17, 15) is 9.59 Å². The molecule has 30 heavy (non-hydrogen) atoms. The number of carbonyl (C=O) groups is 2. The van der Waals surface area contributed by atoms with Crippen molar-refractivity contribution in [3.05, 3.63) is 72.1 Å². The summed E-state index contributed by atoms with van der Waals surface area (Å²) in [6.07, 6.45) is 5.56. The maximum Gasteiger partial charge on any atom is 0.340 e. The third kappa shape index (κ3) is 7.44. The fourth-order valence-corrected chi connectivity index (χ4v) is 2.91. The highest BCUT2D eigenvalue weighted by molar-refractivity contribution is 5.94. The molecule has 0 aliphatic heterocycles. The van der Waals surface area contributed by atoms with Crippen LogP contribution in [0.2, 0.25) is 0 Å². The zero-order valence-electron chi connectivity index (χ0n) is 17.4. The van der Waals surface area contributed by atoms with Gasteiger partial charge in [-0.25, -0.2) is 4.79 Å². The summed E-state index contributed by atoms with van der Waals surface area (Å²) < 4.78 is 11.2. The molecule has 160 valence electrons. The molecule has 6 heteroatoms. The molecule has 0 radical (unpaired) electrons. The summed E-state index contributed by atoms with van der Waals surface area (Å²) in [5, 5.41) is 8.96. The van der Waals surface area contributed by atoms with Crippen LogP contribution in [0.15, 0.2) is 60.9 Å². The molecule has 2 aromatic rings. The number of aliphatic hydroxyl groups excluding tert-OH is 1. The van der Waals surface area contributed by atoms with Crippen LogP contribution < -0.4 is 4.74 Å². The van der Waals surface area contributed by atoms with Crippen LogP contribution in [-0.4, -0.2) is 35.1 Å². The number of benzene rings is 1. The number of pyridine rings is 1. The largest absolute Gasteiger partial charge is 0.491 e. The van der Waals surface area contributed by atoms with Gasteiger partial charge in [-0.15, -0.1) is 0 Å². The van der Waals surface area contributed by atoms with E-state index in [-0.39, 0.29) is 25.4 Å². The number of Topliss-reactive ketones (excluding diaryl/α,β-unsaturated/α-hetero) is 1. The first-order chi connectivity index (χ1) is 14.5. The Bertz CT molecular complexity index is 834. The van der Waals surface area contributed by atoms with Crippen molar-refractivity contribution in [2.75, 3.05) is 13.2 Å². The first-order valence-electron chi connectivity index (χ1n) is 10.2. The summed E-state index contributed by atoms with van der Waals surface area (Å²) in [7, 11) is 0. The van der Waals surface area contributed by atoms with Crippen LogP contribution in [0.3, 0.4) is 0 Å². The SMILES string of the molecule is C=C(CCCC)C(=O)CC[C@@H](OC(=O)c1cccnc1)c1cccc(OCCO)c1. The average Bonchev–Trinajstić information content (AvgIpc) is 2.79. The zero-order valence-corrected chi connectivity index (χ0v) is 17.4. The number of aromatic nitrogens is 1. The number of rotatable bonds is 13. The molecule has 0 spiro atoms. The second-order valence-corrected chi connectivity index (χ2v) is 6.95. The molecule has 1 aromatic carbocycles. The van der Waals surface area contributed by atoms with Gasteiger partial charge in [0.15, 0.2) is 5.78 Å². The van der Waals surface area contributed by atoms with Gasteiger partial charge in [0.2, 0.25) is 0 Å². The standard InChI is InChI=1S/C24H29NO5/c1-3-4-7-18(2)22(27)11-12-23(30-24(28)20-9-6-13-25-17-20)19-8-5-10-21(16-19)29-15-14-26/h5-6,8-10,13,16-17,23,26H,2-4,7,11-12,14-15H2,1H3/t23-/m1/s1. The highest BCUT2D eigenvalue weighted by Crippen LogP contribution is 2.28. The molecule has 1 heterocycles. The van der Waals surface area contributed by atoms with E-state index in [1.54, 1.807) is 36.5 Å². The molecule has 0 bridgehead atoms. The Balaban J connectivity index is 2.14. The van der Waals surface area contributed by atoms with E-state index in [0.29, 0.717) is 29.7 Å². The predicted molar refractivity (Wildman–Crippen MR) is 114 cm³/mol. The lowest BCUT2D eigenvalue weighted by Gasteiger charge is -2.19. The first-order valence-corrected chi connectivity index (χ1v) is 10.2. The van der Waals surface area contributed by atoms with Crippen molar-refractivity contribution >= 4 is 11.8 Å². The van der Waals surface area contributed by atoms with Crippen molar-refractivity contribution < 1.29 is 24.2 Å². The minimum absolute atomic E-state index is 0.0152. The van der Waals surface area contributed by atoms with Gasteiger partial charge >= 0.3 is 5.97 Å². The lowest BCUT2D eigenvalue weighted by Crippen LogP contribution is -2.14. The molecule has 0 fully saturated rings. The van der Waals surface area contributed by atoms with Gasteiger partial charge in [0.25, 0.3) is 0 Å². The van der Waals surface area contributed by atoms with Gasteiger partial charge in [-0.1, -0.05) is 32.1 Å². The van der Waals surface area contributed by atoms with Crippen LogP contribution in [0, 0.1) is 0 Å². The number of ether oxygens (including phenoxy) is 2. The number of hydrogen-bond acceptors (Lipinski definition) is 6. The quantitative estimate of drug-likeness (QED) is 0.387. The Morgan fingerprint density at radius 1 is 1.20 bits per heavy atom. The van der Waals surface area contributed by atoms with E-state index < -0.39 is 12.1 Å². The molecule has 1 atom stereocenters. The van der Waals surface area contributed by atoms with E-state index in [1.807, 2.05) is 6.07 Å². The fourth-order valence-electron chi connectivity index (χ4n) is 2.91. The molecule has 0 saturated heterocycles. The highest BCUT2D eigenvalue weighted by atomic mass is 16.5. The van der Waals surface area contributed by atoms with Gasteiger partial charge in [0.1, 0.15) is 18.5 Å². The third-order valence-corrected chi connectivity index (χ3v) is 4.60. The van der Waals surface area contributed by atoms with E-state index in [0.717, 1.165) is 18.4 Å². The van der Waals surface area contributed by atoms with Crippen molar-refractivity contribution in [3.8, 4) is 5.75 Å². The molecule has 2 rings (SSSR count). The van der Waals surface area contributed by atoms with Crippen LogP contribution in [0.4, 0.5) is 0 Å². The minimum atomic E-state index is -0.627. The number of carbonyl (C=O) groups excluding carboxylic acids is 2. The Kier molecular flexibility index (Phi) is 9.74. The molecule has 0 amide bonds. The number of aliphatic hydroxyl groups is 1. The summed E-state index contributed by atoms with van der Waals surface area (Å²) in [5.41, 5.74) is 1.66. The zero-order chi connectivity index (χ0) is 21.8. The van der Waals surface area contributed by atoms with E-state index in [4.69, 9.17) is 14.6 Å². The molecule has 6 nitrogen and oxygen atoms in total. The van der Waals surface area contributed by atoms with Crippen molar-refractivity contribution in [1.82, 2.24) is 4.98 Å². The monoisotopic (exact) mass is 411 g/mol. The summed E-state index contributed by atoms with van der Waals surface area (Å²) in [5.74, 6) is 0.0354. The van der Waals surface area contributed by atoms with Crippen molar-refractivity contribution in [3.63, 3.8) is 0 Å². The molecule has 0 saturated carbocycles. The average molecular weight is 411 g/mol. The first kappa shape index (κ1) is 23.3. The lowest BCUT2D eigenvalue weighted by atomic mass is 9.98. The fraction of sp³-hybridized carbons (Fsp3) is 0.375. The Labute approximate surface area is 177 Å². The van der Waals surface area contributed by atoms with Gasteiger partial charge in [-0.3, -0.25) is 9.78 Å². The van der Waals surface area contributed by atoms with Gasteiger partial charge < -0.3 is 14.6 Å². The Hall–Kier alpha value is -2.99. The third-order valence-electron chi connectivity index (χ3n) is 4.60. The Morgan fingerprint density at radius 3 is 2.73 bits per heavy atom. The number of allylic oxidation sites excluding steroid dienone is 1. The molecule has 0 unspecified atom stereocenters. The molecular formula is C24H29NO5. The van der Waals surface area contributed by atoms with Crippen molar-refractivity contribution in [1.29, 1.82) is 0 Å². The maximum atomic E-state index is 12.6. The summed E-state index contributed by atoms with van der Waals surface area (Å²) >= 11 is 0. The summed E-state index contributed by atoms with van der Waals surface area (Å²) in [4.78, 5) is 29.0. The van der Waals surface area contributed by atoms with E-state index in [1.165, 1.54) is 6.20 Å². The van der Waals surface area contributed by atoms with Crippen LogP contribution in [0.25, 0.3) is 0 Å². The predicted octanol–water partition coefficient (Wildman–Crippen LogP) is 4.45. The van der Waals surface area contributed by atoms with Crippen LogP contribution >= 0.6 is 0 Å². The van der Waals surface area contributed by atoms with Gasteiger partial charge in [0.05, 0.1) is 12.2 Å². The normalized spacial score (nSPS) is 11.5. The second-order valence-electron chi connectivity index (χ2n) is 6.95. The van der Waals surface area contributed by atoms with Crippen LogP contribution in [-0.2, 0) is 9.53 Å². The van der Waals surface area contributed by atoms with E-state index >= 15 is 0 Å². The van der Waals surface area contributed by atoms with Crippen molar-refractivity contribution in [2.24, 2.45) is 0 Å². The molecule has 1 N–H and O–H groups in total. The van der Waals surface area contributed by atoms with Crippen LogP contribution in [0.1, 0.15) is 61.1 Å². The molecule has 0 aliphatic rings. The van der Waals surface area contributed by atoms with E-state index in [2.05, 4.69) is 18.5 Å². The second kappa shape index (κ2) is 12.5.